The normalized spacial score (nSPS) is 23.1. The minimum Gasteiger partial charge on any atom is -0.371 e. The predicted octanol–water partition coefficient (Wildman–Crippen LogP) is 4.34. The summed E-state index contributed by atoms with van der Waals surface area (Å²) in [5.74, 6) is 1.20. The highest BCUT2D eigenvalue weighted by molar-refractivity contribution is 6.05. The van der Waals surface area contributed by atoms with Crippen LogP contribution in [0.2, 0.25) is 0 Å². The summed E-state index contributed by atoms with van der Waals surface area (Å²) in [6.07, 6.45) is 2.05. The van der Waals surface area contributed by atoms with E-state index in [4.69, 9.17) is 10.2 Å². The Morgan fingerprint density at radius 3 is 2.12 bits per heavy atom. The van der Waals surface area contributed by atoms with Gasteiger partial charge in [0.25, 0.3) is 5.91 Å². The molecule has 8 heterocycles. The van der Waals surface area contributed by atoms with Gasteiger partial charge in [0.1, 0.15) is 17.7 Å². The van der Waals surface area contributed by atoms with E-state index in [0.717, 1.165) is 102 Å². The number of piperidine rings is 3. The van der Waals surface area contributed by atoms with Crippen molar-refractivity contribution in [2.45, 2.75) is 63.7 Å². The van der Waals surface area contributed by atoms with Gasteiger partial charge in [-0.25, -0.2) is 9.97 Å². The molecule has 338 valence electrons. The van der Waals surface area contributed by atoms with Gasteiger partial charge in [0.05, 0.1) is 46.9 Å². The zero-order chi connectivity index (χ0) is 44.5. The Balaban J connectivity index is 0.665. The first-order chi connectivity index (χ1) is 30.9. The Kier molecular flexibility index (Phi) is 12.5. The van der Waals surface area contributed by atoms with Gasteiger partial charge in [0.2, 0.25) is 17.7 Å². The number of anilines is 4. The number of aromatic nitrogens is 2. The molecule has 64 heavy (non-hydrogen) atoms. The highest BCUT2D eigenvalue weighted by atomic mass is 19.4. The monoisotopic (exact) mass is 881 g/mol. The second-order valence-electron chi connectivity index (χ2n) is 18.2. The largest absolute Gasteiger partial charge is 0.417 e. The molecule has 9 rings (SSSR count). The van der Waals surface area contributed by atoms with Gasteiger partial charge in [-0.05, 0) is 92.8 Å². The van der Waals surface area contributed by atoms with Gasteiger partial charge in [-0.1, -0.05) is 0 Å². The Labute approximate surface area is 370 Å². The summed E-state index contributed by atoms with van der Waals surface area (Å²) in [6, 6.07) is 12.3. The number of hydrogen-bond donors (Lipinski definition) is 2. The third-order valence-electron chi connectivity index (χ3n) is 14.1. The second kappa shape index (κ2) is 18.4. The van der Waals surface area contributed by atoms with Crippen molar-refractivity contribution in [3.8, 4) is 6.07 Å². The fourth-order valence-electron chi connectivity index (χ4n) is 10.4. The summed E-state index contributed by atoms with van der Waals surface area (Å²) in [7, 11) is 0. The Hall–Kier alpha value is -5.80. The molecular weight excluding hydrogens is 828 g/mol. The minimum absolute atomic E-state index is 0.143. The molecule has 4 amide bonds. The summed E-state index contributed by atoms with van der Waals surface area (Å²) < 4.78 is 40.5. The van der Waals surface area contributed by atoms with Crippen LogP contribution in [0.1, 0.15) is 72.1 Å². The van der Waals surface area contributed by atoms with Crippen molar-refractivity contribution in [1.82, 2.24) is 30.0 Å². The Morgan fingerprint density at radius 2 is 1.45 bits per heavy atom. The van der Waals surface area contributed by atoms with Crippen LogP contribution < -0.4 is 25.3 Å². The lowest BCUT2D eigenvalue weighted by molar-refractivity contribution is -0.138. The predicted molar refractivity (Wildman–Crippen MR) is 232 cm³/mol. The van der Waals surface area contributed by atoms with Gasteiger partial charge in [0, 0.05) is 96.6 Å². The van der Waals surface area contributed by atoms with Gasteiger partial charge < -0.3 is 34.7 Å². The van der Waals surface area contributed by atoms with E-state index in [1.54, 1.807) is 11.0 Å². The highest BCUT2D eigenvalue weighted by Crippen LogP contribution is 2.36. The van der Waals surface area contributed by atoms with E-state index in [1.807, 2.05) is 35.4 Å². The fourth-order valence-corrected chi connectivity index (χ4v) is 10.4. The number of alkyl halides is 3. The first kappa shape index (κ1) is 43.5. The number of nitrogens with one attached hydrogen (secondary N) is 2. The van der Waals surface area contributed by atoms with Gasteiger partial charge >= 0.3 is 6.18 Å². The third kappa shape index (κ3) is 9.51. The molecule has 6 aliphatic rings. The molecular formula is C46H54F3N11O4. The number of piperazine rings is 1. The van der Waals surface area contributed by atoms with Gasteiger partial charge in [-0.2, -0.15) is 18.4 Å². The van der Waals surface area contributed by atoms with Crippen molar-refractivity contribution in [3.05, 3.63) is 71.0 Å². The molecule has 0 bridgehead atoms. The molecule has 0 spiro atoms. The Bertz CT molecular complexity index is 2280. The van der Waals surface area contributed by atoms with Crippen molar-refractivity contribution in [2.24, 2.45) is 17.8 Å². The number of benzene rings is 1. The average Bonchev–Trinajstić information content (AvgIpc) is 3.90. The van der Waals surface area contributed by atoms with Crippen LogP contribution >= 0.6 is 0 Å². The van der Waals surface area contributed by atoms with Crippen LogP contribution in [0.15, 0.2) is 48.7 Å². The number of carbonyl (C=O) groups excluding carboxylic acids is 4. The molecule has 0 aliphatic carbocycles. The van der Waals surface area contributed by atoms with E-state index < -0.39 is 29.3 Å². The zero-order valence-electron chi connectivity index (χ0n) is 35.9. The molecule has 2 atom stereocenters. The van der Waals surface area contributed by atoms with Crippen molar-refractivity contribution in [3.63, 3.8) is 0 Å². The topological polar surface area (TPSA) is 161 Å². The number of imide groups is 1. The van der Waals surface area contributed by atoms with Gasteiger partial charge in [0.15, 0.2) is 0 Å². The smallest absolute Gasteiger partial charge is 0.371 e. The lowest BCUT2D eigenvalue weighted by Gasteiger charge is -2.40. The molecule has 2 N–H and O–H groups in total. The molecule has 5 fully saturated rings. The van der Waals surface area contributed by atoms with Crippen molar-refractivity contribution >= 4 is 46.6 Å². The number of amides is 4. The molecule has 3 aromatic rings. The first-order valence-corrected chi connectivity index (χ1v) is 22.6. The molecule has 1 unspecified atom stereocenters. The number of pyridine rings is 2. The maximum absolute atomic E-state index is 13.5. The molecule has 6 aliphatic heterocycles. The SMILES string of the molecule is N#Cc1ccc(N2CCC(C(=O)Nc3ccc(N4CCC(CN5CCN(C[C@@H]6CCN(c7ccc8c(n7)CN(C7CCC(=O)NC7=O)C8=O)C6)CC5)CC4)cn3)CC2)cc1C(F)(F)F. The molecule has 2 aromatic heterocycles. The van der Waals surface area contributed by atoms with Crippen molar-refractivity contribution in [1.29, 1.82) is 5.26 Å². The maximum Gasteiger partial charge on any atom is 0.417 e. The zero-order valence-corrected chi connectivity index (χ0v) is 35.9. The van der Waals surface area contributed by atoms with E-state index in [2.05, 4.69) is 35.2 Å². The second-order valence-corrected chi connectivity index (χ2v) is 18.2. The number of hydrogen-bond acceptors (Lipinski definition) is 12. The molecule has 0 saturated carbocycles. The lowest BCUT2D eigenvalue weighted by Crippen LogP contribution is -2.52. The number of nitriles is 1. The van der Waals surface area contributed by atoms with Crippen LogP contribution in [0.3, 0.4) is 0 Å². The van der Waals surface area contributed by atoms with E-state index in [-0.39, 0.29) is 36.6 Å². The average molecular weight is 882 g/mol. The van der Waals surface area contributed by atoms with E-state index in [9.17, 15) is 32.3 Å². The summed E-state index contributed by atoms with van der Waals surface area (Å²) in [6.45, 7) is 11.3. The van der Waals surface area contributed by atoms with Crippen LogP contribution in [-0.2, 0) is 27.1 Å². The van der Waals surface area contributed by atoms with Crippen LogP contribution in [0.4, 0.5) is 36.2 Å². The quantitative estimate of drug-likeness (QED) is 0.278. The summed E-state index contributed by atoms with van der Waals surface area (Å²) >= 11 is 0. The van der Waals surface area contributed by atoms with Crippen LogP contribution in [-0.4, -0.2) is 133 Å². The van der Waals surface area contributed by atoms with E-state index in [1.165, 1.54) is 12.1 Å². The maximum atomic E-state index is 13.5. The number of rotatable bonds is 10. The van der Waals surface area contributed by atoms with Crippen LogP contribution in [0.5, 0.6) is 0 Å². The summed E-state index contributed by atoms with van der Waals surface area (Å²) in [5, 5.41) is 14.4. The molecule has 1 aromatic carbocycles. The van der Waals surface area contributed by atoms with Gasteiger partial charge in [-0.3, -0.25) is 24.5 Å². The highest BCUT2D eigenvalue weighted by Gasteiger charge is 2.41. The number of fused-ring (bicyclic) bond motifs is 1. The molecule has 15 nitrogen and oxygen atoms in total. The van der Waals surface area contributed by atoms with E-state index >= 15 is 0 Å². The molecule has 0 radical (unpaired) electrons. The number of nitrogens with zero attached hydrogens (tertiary/aromatic N) is 9. The van der Waals surface area contributed by atoms with Crippen molar-refractivity contribution < 1.29 is 32.3 Å². The first-order valence-electron chi connectivity index (χ1n) is 22.6. The van der Waals surface area contributed by atoms with Crippen LogP contribution in [0, 0.1) is 29.1 Å². The third-order valence-corrected chi connectivity index (χ3v) is 14.1. The number of carbonyl (C=O) groups is 4. The summed E-state index contributed by atoms with van der Waals surface area (Å²) in [4.78, 5) is 73.0. The minimum atomic E-state index is -4.62. The Morgan fingerprint density at radius 1 is 0.797 bits per heavy atom. The summed E-state index contributed by atoms with van der Waals surface area (Å²) in [5.41, 5.74) is 1.31. The van der Waals surface area contributed by atoms with E-state index in [0.29, 0.717) is 67.0 Å². The van der Waals surface area contributed by atoms with Crippen molar-refractivity contribution in [2.75, 3.05) is 98.6 Å². The fraction of sp³-hybridized carbons (Fsp3) is 0.543. The standard InChI is InChI=1S/C46H54F3N11O4/c47-46(48,49)37-23-34(2-1-33(37)24-50)57-17-12-32(13-18-57)43(62)53-40-6-3-35(25-51-40)58-14-9-30(10-15-58)26-55-19-21-56(22-20-55)27-31-11-16-59(28-31)41-7-4-36-38(52-41)29-60(45(36)64)39-5-8-42(61)54-44(39)63/h1-4,6-7,23,25,30-32,39H,5,8-22,26-29H2,(H,51,53,62)(H,54,61,63)/t31-,39?/m0/s1. The van der Waals surface area contributed by atoms with Crippen LogP contribution in [0.25, 0.3) is 0 Å². The van der Waals surface area contributed by atoms with Gasteiger partial charge in [-0.15, -0.1) is 0 Å². The molecule has 18 heteroatoms. The lowest BCUT2D eigenvalue weighted by atomic mass is 9.95. The molecule has 5 saturated heterocycles. The number of halogens is 3.